The van der Waals surface area contributed by atoms with E-state index in [2.05, 4.69) is 4.98 Å². The Balaban J connectivity index is 1.79. The SMILES string of the molecule is CN(C(=O)CCc1ccccn1)C1CCC(N)CC1. The third-order valence-corrected chi connectivity index (χ3v) is 4.00. The van der Waals surface area contributed by atoms with Crippen LogP contribution < -0.4 is 5.73 Å². The van der Waals surface area contributed by atoms with Gasteiger partial charge in [0.15, 0.2) is 0 Å². The van der Waals surface area contributed by atoms with Gasteiger partial charge in [-0.3, -0.25) is 9.78 Å². The zero-order chi connectivity index (χ0) is 13.7. The highest BCUT2D eigenvalue weighted by Gasteiger charge is 2.24. The molecule has 0 saturated heterocycles. The molecular formula is C15H23N3O. The van der Waals surface area contributed by atoms with Crippen molar-refractivity contribution in [2.75, 3.05) is 7.05 Å². The lowest BCUT2D eigenvalue weighted by Crippen LogP contribution is -2.41. The number of nitrogens with zero attached hydrogens (tertiary/aromatic N) is 2. The predicted molar refractivity (Wildman–Crippen MR) is 75.6 cm³/mol. The molecule has 2 rings (SSSR count). The van der Waals surface area contributed by atoms with Crippen molar-refractivity contribution in [2.45, 2.75) is 50.6 Å². The molecule has 1 aliphatic rings. The van der Waals surface area contributed by atoms with Crippen LogP contribution in [0.3, 0.4) is 0 Å². The van der Waals surface area contributed by atoms with Crippen molar-refractivity contribution in [3.05, 3.63) is 30.1 Å². The van der Waals surface area contributed by atoms with Crippen LogP contribution in [0.4, 0.5) is 0 Å². The lowest BCUT2D eigenvalue weighted by atomic mass is 9.91. The van der Waals surface area contributed by atoms with E-state index in [9.17, 15) is 4.79 Å². The predicted octanol–water partition coefficient (Wildman–Crippen LogP) is 1.74. The van der Waals surface area contributed by atoms with Crippen LogP contribution in [-0.2, 0) is 11.2 Å². The molecule has 1 aliphatic carbocycles. The fraction of sp³-hybridized carbons (Fsp3) is 0.600. The molecule has 0 atom stereocenters. The summed E-state index contributed by atoms with van der Waals surface area (Å²) in [5, 5.41) is 0. The van der Waals surface area contributed by atoms with E-state index < -0.39 is 0 Å². The molecular weight excluding hydrogens is 238 g/mol. The minimum atomic E-state index is 0.214. The first kappa shape index (κ1) is 14.0. The largest absolute Gasteiger partial charge is 0.343 e. The number of carbonyl (C=O) groups is 1. The van der Waals surface area contributed by atoms with Crippen LogP contribution >= 0.6 is 0 Å². The van der Waals surface area contributed by atoms with Gasteiger partial charge in [0.25, 0.3) is 0 Å². The maximum absolute atomic E-state index is 12.2. The normalized spacial score (nSPS) is 23.1. The summed E-state index contributed by atoms with van der Waals surface area (Å²) in [6, 6.07) is 6.51. The number of aryl methyl sites for hydroxylation is 1. The van der Waals surface area contributed by atoms with E-state index in [4.69, 9.17) is 5.73 Å². The van der Waals surface area contributed by atoms with Crippen molar-refractivity contribution < 1.29 is 4.79 Å². The molecule has 0 radical (unpaired) electrons. The van der Waals surface area contributed by atoms with Crippen LogP contribution in [-0.4, -0.2) is 34.9 Å². The van der Waals surface area contributed by atoms with Crippen molar-refractivity contribution in [3.8, 4) is 0 Å². The molecule has 4 heteroatoms. The highest BCUT2D eigenvalue weighted by atomic mass is 16.2. The molecule has 0 spiro atoms. The maximum atomic E-state index is 12.2. The zero-order valence-corrected chi connectivity index (χ0v) is 11.6. The summed E-state index contributed by atoms with van der Waals surface area (Å²) in [5.41, 5.74) is 6.88. The topological polar surface area (TPSA) is 59.2 Å². The number of rotatable bonds is 4. The van der Waals surface area contributed by atoms with Gasteiger partial charge in [-0.15, -0.1) is 0 Å². The molecule has 1 aromatic rings. The average molecular weight is 261 g/mol. The van der Waals surface area contributed by atoms with Crippen LogP contribution in [0.2, 0.25) is 0 Å². The van der Waals surface area contributed by atoms with Crippen molar-refractivity contribution in [1.29, 1.82) is 0 Å². The Kier molecular flexibility index (Phi) is 4.91. The second kappa shape index (κ2) is 6.66. The summed E-state index contributed by atoms with van der Waals surface area (Å²) in [6.45, 7) is 0. The van der Waals surface area contributed by atoms with Gasteiger partial charge in [0.1, 0.15) is 0 Å². The monoisotopic (exact) mass is 261 g/mol. The van der Waals surface area contributed by atoms with E-state index >= 15 is 0 Å². The van der Waals surface area contributed by atoms with Gasteiger partial charge < -0.3 is 10.6 Å². The number of hydrogen-bond acceptors (Lipinski definition) is 3. The first-order valence-corrected chi connectivity index (χ1v) is 7.08. The van der Waals surface area contributed by atoms with E-state index in [0.29, 0.717) is 18.5 Å². The van der Waals surface area contributed by atoms with Crippen molar-refractivity contribution in [2.24, 2.45) is 5.73 Å². The van der Waals surface area contributed by atoms with E-state index in [-0.39, 0.29) is 5.91 Å². The molecule has 0 unspecified atom stereocenters. The third kappa shape index (κ3) is 4.03. The Morgan fingerprint density at radius 2 is 2.11 bits per heavy atom. The lowest BCUT2D eigenvalue weighted by Gasteiger charge is -2.33. The molecule has 0 aromatic carbocycles. The first-order valence-electron chi connectivity index (χ1n) is 7.08. The number of aromatic nitrogens is 1. The van der Waals surface area contributed by atoms with Crippen molar-refractivity contribution >= 4 is 5.91 Å². The molecule has 4 nitrogen and oxygen atoms in total. The van der Waals surface area contributed by atoms with E-state index in [1.165, 1.54) is 0 Å². The van der Waals surface area contributed by atoms with E-state index in [1.54, 1.807) is 6.20 Å². The number of nitrogens with two attached hydrogens (primary N) is 1. The number of pyridine rings is 1. The minimum Gasteiger partial charge on any atom is -0.343 e. The van der Waals surface area contributed by atoms with Crippen LogP contribution in [0.15, 0.2) is 24.4 Å². The van der Waals surface area contributed by atoms with Crippen LogP contribution in [0, 0.1) is 0 Å². The van der Waals surface area contributed by atoms with Crippen molar-refractivity contribution in [3.63, 3.8) is 0 Å². The van der Waals surface area contributed by atoms with Gasteiger partial charge in [0, 0.05) is 37.4 Å². The fourth-order valence-corrected chi connectivity index (χ4v) is 2.65. The second-order valence-electron chi connectivity index (χ2n) is 5.39. The van der Waals surface area contributed by atoms with Crippen molar-refractivity contribution in [1.82, 2.24) is 9.88 Å². The maximum Gasteiger partial charge on any atom is 0.222 e. The second-order valence-corrected chi connectivity index (χ2v) is 5.39. The summed E-state index contributed by atoms with van der Waals surface area (Å²) in [4.78, 5) is 18.3. The smallest absolute Gasteiger partial charge is 0.222 e. The quantitative estimate of drug-likeness (QED) is 0.898. The average Bonchev–Trinajstić information content (AvgIpc) is 2.46. The van der Waals surface area contributed by atoms with Crippen LogP contribution in [0.1, 0.15) is 37.8 Å². The van der Waals surface area contributed by atoms with Gasteiger partial charge in [0.05, 0.1) is 0 Å². The molecule has 1 fully saturated rings. The molecule has 1 heterocycles. The highest BCUT2D eigenvalue weighted by molar-refractivity contribution is 5.76. The Morgan fingerprint density at radius 3 is 2.74 bits per heavy atom. The number of hydrogen-bond donors (Lipinski definition) is 1. The molecule has 0 aliphatic heterocycles. The number of amides is 1. The molecule has 2 N–H and O–H groups in total. The van der Waals surface area contributed by atoms with E-state index in [1.807, 2.05) is 30.1 Å². The summed E-state index contributed by atoms with van der Waals surface area (Å²) in [7, 11) is 1.92. The van der Waals surface area contributed by atoms with Gasteiger partial charge >= 0.3 is 0 Å². The molecule has 1 amide bonds. The Morgan fingerprint density at radius 1 is 1.37 bits per heavy atom. The van der Waals surface area contributed by atoms with Gasteiger partial charge in [-0.2, -0.15) is 0 Å². The zero-order valence-electron chi connectivity index (χ0n) is 11.6. The summed E-state index contributed by atoms with van der Waals surface area (Å²) < 4.78 is 0. The van der Waals surface area contributed by atoms with Gasteiger partial charge in [-0.25, -0.2) is 0 Å². The summed E-state index contributed by atoms with van der Waals surface area (Å²) in [6.07, 6.45) is 7.16. The third-order valence-electron chi connectivity index (χ3n) is 4.00. The number of carbonyl (C=O) groups excluding carboxylic acids is 1. The highest BCUT2D eigenvalue weighted by Crippen LogP contribution is 2.21. The Labute approximate surface area is 115 Å². The molecule has 0 bridgehead atoms. The first-order chi connectivity index (χ1) is 9.16. The Bertz CT molecular complexity index is 399. The molecule has 1 saturated carbocycles. The summed E-state index contributed by atoms with van der Waals surface area (Å²) in [5.74, 6) is 0.214. The fourth-order valence-electron chi connectivity index (χ4n) is 2.65. The van der Waals surface area contributed by atoms with Gasteiger partial charge in [0.2, 0.25) is 5.91 Å². The van der Waals surface area contributed by atoms with Gasteiger partial charge in [-0.05, 0) is 44.2 Å². The molecule has 1 aromatic heterocycles. The van der Waals surface area contributed by atoms with E-state index in [0.717, 1.165) is 37.8 Å². The van der Waals surface area contributed by atoms with Gasteiger partial charge in [-0.1, -0.05) is 6.07 Å². The standard InChI is InChI=1S/C15H23N3O/c1-18(14-8-5-12(16)6-9-14)15(19)10-7-13-4-2-3-11-17-13/h2-4,11-12,14H,5-10,16H2,1H3. The van der Waals surface area contributed by atoms with Crippen LogP contribution in [0.25, 0.3) is 0 Å². The lowest BCUT2D eigenvalue weighted by molar-refractivity contribution is -0.132. The molecule has 19 heavy (non-hydrogen) atoms. The molecule has 104 valence electrons. The Hall–Kier alpha value is -1.42. The minimum absolute atomic E-state index is 0.214. The van der Waals surface area contributed by atoms with Crippen LogP contribution in [0.5, 0.6) is 0 Å². The summed E-state index contributed by atoms with van der Waals surface area (Å²) >= 11 is 0.